The van der Waals surface area contributed by atoms with Crippen LogP contribution in [0.4, 0.5) is 5.69 Å². The fourth-order valence-electron chi connectivity index (χ4n) is 3.13. The van der Waals surface area contributed by atoms with E-state index < -0.39 is 0 Å². The number of aliphatic imine (C=N–C) groups is 1. The summed E-state index contributed by atoms with van der Waals surface area (Å²) < 4.78 is 0. The molecule has 5 heteroatoms. The highest BCUT2D eigenvalue weighted by Gasteiger charge is 2.22. The molecule has 1 heterocycles. The van der Waals surface area contributed by atoms with Crippen LogP contribution in [-0.2, 0) is 6.42 Å². The lowest BCUT2D eigenvalue weighted by Gasteiger charge is -2.27. The largest absolute Gasteiger partial charge is 0.356 e. The highest BCUT2D eigenvalue weighted by atomic mass is 127. The summed E-state index contributed by atoms with van der Waals surface area (Å²) in [5.41, 5.74) is 2.72. The van der Waals surface area contributed by atoms with E-state index in [2.05, 4.69) is 67.1 Å². The maximum absolute atomic E-state index is 4.90. The Bertz CT molecular complexity index is 500. The Balaban J connectivity index is 0.00000264. The Labute approximate surface area is 158 Å². The van der Waals surface area contributed by atoms with Crippen LogP contribution in [0.25, 0.3) is 0 Å². The van der Waals surface area contributed by atoms with E-state index in [9.17, 15) is 0 Å². The van der Waals surface area contributed by atoms with Crippen LogP contribution >= 0.6 is 24.0 Å². The molecular weight excluding hydrogens is 399 g/mol. The predicted molar refractivity (Wildman–Crippen MR) is 111 cm³/mol. The zero-order valence-corrected chi connectivity index (χ0v) is 17.2. The zero-order chi connectivity index (χ0) is 15.9. The van der Waals surface area contributed by atoms with E-state index >= 15 is 0 Å². The van der Waals surface area contributed by atoms with Crippen molar-refractivity contribution in [3.8, 4) is 0 Å². The van der Waals surface area contributed by atoms with Gasteiger partial charge in [0.1, 0.15) is 0 Å². The molecule has 0 radical (unpaired) electrons. The Morgan fingerprint density at radius 3 is 2.61 bits per heavy atom. The molecule has 0 aromatic heterocycles. The number of likely N-dealkylation sites (N-methyl/N-ethyl adjacent to an activating group) is 1. The van der Waals surface area contributed by atoms with Crippen molar-refractivity contribution in [2.75, 3.05) is 37.6 Å². The number of halogens is 1. The van der Waals surface area contributed by atoms with Crippen molar-refractivity contribution in [3.63, 3.8) is 0 Å². The average molecular weight is 430 g/mol. The van der Waals surface area contributed by atoms with E-state index in [4.69, 9.17) is 4.99 Å². The van der Waals surface area contributed by atoms with Gasteiger partial charge in [0.2, 0.25) is 0 Å². The Hall–Kier alpha value is -0.820. The summed E-state index contributed by atoms with van der Waals surface area (Å²) in [4.78, 5) is 9.68. The van der Waals surface area contributed by atoms with Gasteiger partial charge in [-0.2, -0.15) is 0 Å². The van der Waals surface area contributed by atoms with Crippen molar-refractivity contribution in [1.29, 1.82) is 0 Å². The van der Waals surface area contributed by atoms with Gasteiger partial charge in [-0.25, -0.2) is 0 Å². The van der Waals surface area contributed by atoms with E-state index in [1.165, 1.54) is 11.3 Å². The fourth-order valence-corrected chi connectivity index (χ4v) is 3.13. The monoisotopic (exact) mass is 430 g/mol. The number of benzene rings is 1. The van der Waals surface area contributed by atoms with Crippen molar-refractivity contribution < 1.29 is 0 Å². The predicted octanol–water partition coefficient (Wildman–Crippen LogP) is 3.36. The number of fused-ring (bicyclic) bond motifs is 1. The van der Waals surface area contributed by atoms with Crippen LogP contribution in [0.5, 0.6) is 0 Å². The van der Waals surface area contributed by atoms with Crippen molar-refractivity contribution >= 4 is 35.6 Å². The molecule has 4 nitrogen and oxygen atoms in total. The molecule has 130 valence electrons. The molecule has 0 fully saturated rings. The first-order valence-corrected chi connectivity index (χ1v) is 8.59. The second-order valence-electron chi connectivity index (χ2n) is 5.80. The van der Waals surface area contributed by atoms with Crippen LogP contribution < -0.4 is 10.2 Å². The summed E-state index contributed by atoms with van der Waals surface area (Å²) in [5.74, 6) is 1.02. The molecule has 1 unspecified atom stereocenters. The van der Waals surface area contributed by atoms with E-state index in [1.807, 2.05) is 0 Å². The highest BCUT2D eigenvalue weighted by Crippen LogP contribution is 2.27. The molecule has 1 aromatic carbocycles. The summed E-state index contributed by atoms with van der Waals surface area (Å²) in [6.07, 6.45) is 1.10. The second-order valence-corrected chi connectivity index (χ2v) is 5.80. The van der Waals surface area contributed by atoms with Crippen LogP contribution in [0.3, 0.4) is 0 Å². The molecule has 0 saturated carbocycles. The molecule has 0 spiro atoms. The third kappa shape index (κ3) is 5.08. The number of hydrogen-bond acceptors (Lipinski definition) is 2. The first kappa shape index (κ1) is 20.2. The number of nitrogens with zero attached hydrogens (tertiary/aromatic N) is 3. The van der Waals surface area contributed by atoms with Gasteiger partial charge in [0, 0.05) is 24.8 Å². The van der Waals surface area contributed by atoms with Crippen LogP contribution in [0, 0.1) is 0 Å². The Kier molecular flexibility index (Phi) is 8.91. The third-order valence-electron chi connectivity index (χ3n) is 4.42. The Morgan fingerprint density at radius 2 is 1.96 bits per heavy atom. The first-order chi connectivity index (χ1) is 10.7. The molecule has 1 atom stereocenters. The molecule has 23 heavy (non-hydrogen) atoms. The van der Waals surface area contributed by atoms with Crippen LogP contribution in [-0.4, -0.2) is 49.6 Å². The summed E-state index contributed by atoms with van der Waals surface area (Å²) >= 11 is 0. The standard InChI is InChI=1S/C18H30N4.HI/c1-5-19-18(20-14-15(4)21(6-2)7-3)22-13-12-16-10-8-9-11-17(16)22;/h8-11,15H,5-7,12-14H2,1-4H3,(H,19,20);1H. The van der Waals surface area contributed by atoms with Gasteiger partial charge in [-0.15, -0.1) is 24.0 Å². The van der Waals surface area contributed by atoms with Crippen molar-refractivity contribution in [1.82, 2.24) is 10.2 Å². The van der Waals surface area contributed by atoms with Crippen molar-refractivity contribution in [2.24, 2.45) is 4.99 Å². The number of anilines is 1. The van der Waals surface area contributed by atoms with Gasteiger partial charge < -0.3 is 10.2 Å². The molecule has 1 N–H and O–H groups in total. The first-order valence-electron chi connectivity index (χ1n) is 8.59. The number of rotatable bonds is 6. The Morgan fingerprint density at radius 1 is 1.26 bits per heavy atom. The summed E-state index contributed by atoms with van der Waals surface area (Å²) in [6.45, 7) is 13.7. The quantitative estimate of drug-likeness (QED) is 0.427. The van der Waals surface area contributed by atoms with E-state index in [-0.39, 0.29) is 24.0 Å². The lowest BCUT2D eigenvalue weighted by Crippen LogP contribution is -2.42. The number of guanidine groups is 1. The summed E-state index contributed by atoms with van der Waals surface area (Å²) in [6, 6.07) is 9.12. The molecule has 1 aliphatic rings. The maximum atomic E-state index is 4.90. The number of hydrogen-bond donors (Lipinski definition) is 1. The second kappa shape index (κ2) is 10.1. The van der Waals surface area contributed by atoms with E-state index in [0.29, 0.717) is 6.04 Å². The third-order valence-corrected chi connectivity index (χ3v) is 4.42. The maximum Gasteiger partial charge on any atom is 0.198 e. The van der Waals surface area contributed by atoms with E-state index in [0.717, 1.165) is 45.1 Å². The van der Waals surface area contributed by atoms with Gasteiger partial charge in [0.25, 0.3) is 0 Å². The van der Waals surface area contributed by atoms with Crippen molar-refractivity contribution in [2.45, 2.75) is 40.2 Å². The van der Waals surface area contributed by atoms with Gasteiger partial charge in [-0.05, 0) is 45.0 Å². The minimum atomic E-state index is 0. The number of nitrogens with one attached hydrogen (secondary N) is 1. The summed E-state index contributed by atoms with van der Waals surface area (Å²) in [5, 5.41) is 3.45. The minimum Gasteiger partial charge on any atom is -0.356 e. The van der Waals surface area contributed by atoms with Crippen LogP contribution in [0.15, 0.2) is 29.3 Å². The molecular formula is C18H31IN4. The lowest BCUT2D eigenvalue weighted by molar-refractivity contribution is 0.237. The SMILES string of the molecule is CCNC(=NCC(C)N(CC)CC)N1CCc2ccccc21.I. The smallest absolute Gasteiger partial charge is 0.198 e. The van der Waals surface area contributed by atoms with Gasteiger partial charge in [-0.1, -0.05) is 32.0 Å². The van der Waals surface area contributed by atoms with Crippen LogP contribution in [0.2, 0.25) is 0 Å². The van der Waals surface area contributed by atoms with Crippen LogP contribution in [0.1, 0.15) is 33.3 Å². The van der Waals surface area contributed by atoms with Gasteiger partial charge in [0.15, 0.2) is 5.96 Å². The molecule has 0 saturated heterocycles. The molecule has 0 amide bonds. The minimum absolute atomic E-state index is 0. The average Bonchev–Trinajstić information content (AvgIpc) is 2.96. The summed E-state index contributed by atoms with van der Waals surface area (Å²) in [7, 11) is 0. The molecule has 1 aromatic rings. The molecule has 0 bridgehead atoms. The molecule has 1 aliphatic heterocycles. The van der Waals surface area contributed by atoms with Gasteiger partial charge in [-0.3, -0.25) is 9.89 Å². The fraction of sp³-hybridized carbons (Fsp3) is 0.611. The number of para-hydroxylation sites is 1. The molecule has 2 rings (SSSR count). The highest BCUT2D eigenvalue weighted by molar-refractivity contribution is 14.0. The lowest BCUT2D eigenvalue weighted by atomic mass is 10.2. The topological polar surface area (TPSA) is 30.9 Å². The van der Waals surface area contributed by atoms with Gasteiger partial charge >= 0.3 is 0 Å². The zero-order valence-electron chi connectivity index (χ0n) is 14.9. The van der Waals surface area contributed by atoms with E-state index in [1.54, 1.807) is 0 Å². The van der Waals surface area contributed by atoms with Crippen molar-refractivity contribution in [3.05, 3.63) is 29.8 Å². The molecule has 0 aliphatic carbocycles. The van der Waals surface area contributed by atoms with Gasteiger partial charge in [0.05, 0.1) is 6.54 Å². The normalized spacial score (nSPS) is 15.3.